The highest BCUT2D eigenvalue weighted by Crippen LogP contribution is 2.35. The highest BCUT2D eigenvalue weighted by Gasteiger charge is 2.18. The van der Waals surface area contributed by atoms with Crippen LogP contribution in [0.2, 0.25) is 0 Å². The van der Waals surface area contributed by atoms with Crippen LogP contribution >= 0.6 is 11.3 Å². The Morgan fingerprint density at radius 3 is 2.35 bits per heavy atom. The number of hydrogen-bond donors (Lipinski definition) is 2. The van der Waals surface area contributed by atoms with Gasteiger partial charge in [0, 0.05) is 4.88 Å². The Bertz CT molecular complexity index is 575. The van der Waals surface area contributed by atoms with Crippen molar-refractivity contribution in [2.45, 2.75) is 0 Å². The number of benzene rings is 1. The lowest BCUT2D eigenvalue weighted by atomic mass is 10.1. The second kappa shape index (κ2) is 4.14. The summed E-state index contributed by atoms with van der Waals surface area (Å²) in [4.78, 5) is 10.8. The number of hydrogen-bond acceptors (Lipinski definition) is 3. The lowest BCUT2D eigenvalue weighted by Gasteiger charge is -2.00. The molecule has 3 N–H and O–H groups in total. The first-order chi connectivity index (χ1) is 8.00. The lowest BCUT2D eigenvalue weighted by molar-refractivity contribution is 0.0703. The van der Waals surface area contributed by atoms with E-state index in [9.17, 15) is 13.6 Å². The number of nitrogen functional groups attached to an aromatic ring is 1. The zero-order valence-electron chi connectivity index (χ0n) is 8.41. The fourth-order valence-corrected chi connectivity index (χ4v) is 2.40. The molecule has 0 fully saturated rings. The van der Waals surface area contributed by atoms with Gasteiger partial charge in [-0.25, -0.2) is 13.6 Å². The number of halogens is 2. The third kappa shape index (κ3) is 1.99. The molecule has 0 aliphatic heterocycles. The van der Waals surface area contributed by atoms with Crippen molar-refractivity contribution in [2.24, 2.45) is 0 Å². The van der Waals surface area contributed by atoms with E-state index in [-0.39, 0.29) is 21.0 Å². The monoisotopic (exact) mass is 255 g/mol. The van der Waals surface area contributed by atoms with Gasteiger partial charge in [0.1, 0.15) is 16.5 Å². The van der Waals surface area contributed by atoms with E-state index in [1.807, 2.05) is 0 Å². The molecule has 88 valence electrons. The molecular formula is C11H7F2NO2S. The van der Waals surface area contributed by atoms with Gasteiger partial charge in [-0.3, -0.25) is 0 Å². The SMILES string of the molecule is Nc1cc(-c2c(F)cccc2F)sc1C(=O)O. The quantitative estimate of drug-likeness (QED) is 0.867. The molecule has 0 spiro atoms. The predicted octanol–water partition coefficient (Wildman–Crippen LogP) is 2.97. The van der Waals surface area contributed by atoms with Crippen LogP contribution in [-0.4, -0.2) is 11.1 Å². The second-order valence-corrected chi connectivity index (χ2v) is 4.35. The Kier molecular flexibility index (Phi) is 2.81. The van der Waals surface area contributed by atoms with Gasteiger partial charge in [0.25, 0.3) is 0 Å². The van der Waals surface area contributed by atoms with E-state index in [0.717, 1.165) is 23.5 Å². The maximum absolute atomic E-state index is 13.5. The van der Waals surface area contributed by atoms with Crippen molar-refractivity contribution in [2.75, 3.05) is 5.73 Å². The fourth-order valence-electron chi connectivity index (χ4n) is 1.43. The minimum atomic E-state index is -1.21. The van der Waals surface area contributed by atoms with Crippen LogP contribution in [0, 0.1) is 11.6 Å². The summed E-state index contributed by atoms with van der Waals surface area (Å²) in [5.74, 6) is -2.71. The van der Waals surface area contributed by atoms with E-state index < -0.39 is 17.6 Å². The maximum Gasteiger partial charge on any atom is 0.348 e. The fraction of sp³-hybridized carbons (Fsp3) is 0. The first kappa shape index (κ1) is 11.5. The number of carbonyl (C=O) groups is 1. The van der Waals surface area contributed by atoms with Crippen LogP contribution in [0.3, 0.4) is 0 Å². The van der Waals surface area contributed by atoms with Crippen LogP contribution in [0.25, 0.3) is 10.4 Å². The molecule has 0 radical (unpaired) electrons. The summed E-state index contributed by atoms with van der Waals surface area (Å²) >= 11 is 0.744. The molecule has 0 aliphatic carbocycles. The predicted molar refractivity (Wildman–Crippen MR) is 61.0 cm³/mol. The van der Waals surface area contributed by atoms with Crippen LogP contribution in [-0.2, 0) is 0 Å². The minimum absolute atomic E-state index is 0.000142. The topological polar surface area (TPSA) is 63.3 Å². The van der Waals surface area contributed by atoms with Gasteiger partial charge in [0.15, 0.2) is 0 Å². The molecule has 6 heteroatoms. The Labute approximate surface area is 99.1 Å². The largest absolute Gasteiger partial charge is 0.477 e. The minimum Gasteiger partial charge on any atom is -0.477 e. The molecule has 0 saturated carbocycles. The van der Waals surface area contributed by atoms with Crippen molar-refractivity contribution in [3.05, 3.63) is 40.8 Å². The number of carboxylic acid groups (broad SMARTS) is 1. The summed E-state index contributed by atoms with van der Waals surface area (Å²) in [7, 11) is 0. The molecule has 17 heavy (non-hydrogen) atoms. The number of aromatic carboxylic acids is 1. The van der Waals surface area contributed by atoms with Crippen LogP contribution in [0.1, 0.15) is 9.67 Å². The number of rotatable bonds is 2. The van der Waals surface area contributed by atoms with E-state index in [4.69, 9.17) is 10.8 Å². The maximum atomic E-state index is 13.5. The summed E-state index contributed by atoms with van der Waals surface area (Å²) in [6, 6.07) is 4.71. The van der Waals surface area contributed by atoms with Crippen molar-refractivity contribution >= 4 is 23.0 Å². The highest BCUT2D eigenvalue weighted by molar-refractivity contribution is 7.17. The molecular weight excluding hydrogens is 248 g/mol. The zero-order valence-corrected chi connectivity index (χ0v) is 9.22. The summed E-state index contributed by atoms with van der Waals surface area (Å²) in [5.41, 5.74) is 5.21. The normalized spacial score (nSPS) is 10.5. The molecule has 0 saturated heterocycles. The van der Waals surface area contributed by atoms with Gasteiger partial charge in [0.2, 0.25) is 0 Å². The Morgan fingerprint density at radius 2 is 1.88 bits per heavy atom. The second-order valence-electron chi connectivity index (χ2n) is 3.30. The Hall–Kier alpha value is -1.95. The highest BCUT2D eigenvalue weighted by atomic mass is 32.1. The summed E-state index contributed by atoms with van der Waals surface area (Å²) in [6.45, 7) is 0. The van der Waals surface area contributed by atoms with E-state index in [0.29, 0.717) is 0 Å². The lowest BCUT2D eigenvalue weighted by Crippen LogP contribution is -1.96. The van der Waals surface area contributed by atoms with Gasteiger partial charge >= 0.3 is 5.97 Å². The molecule has 3 nitrogen and oxygen atoms in total. The molecule has 0 amide bonds. The molecule has 1 aromatic heterocycles. The number of nitrogens with two attached hydrogens (primary N) is 1. The third-order valence-electron chi connectivity index (χ3n) is 2.16. The van der Waals surface area contributed by atoms with Gasteiger partial charge in [-0.2, -0.15) is 0 Å². The molecule has 1 aromatic carbocycles. The van der Waals surface area contributed by atoms with Gasteiger partial charge in [-0.15, -0.1) is 11.3 Å². The van der Waals surface area contributed by atoms with Crippen molar-refractivity contribution in [1.29, 1.82) is 0 Å². The molecule has 0 atom stereocenters. The van der Waals surface area contributed by atoms with Gasteiger partial charge < -0.3 is 10.8 Å². The first-order valence-corrected chi connectivity index (χ1v) is 5.39. The molecule has 0 aliphatic rings. The number of anilines is 1. The van der Waals surface area contributed by atoms with Crippen LogP contribution in [0.15, 0.2) is 24.3 Å². The Morgan fingerprint density at radius 1 is 1.29 bits per heavy atom. The summed E-state index contributed by atoms with van der Waals surface area (Å²) in [5, 5.41) is 8.81. The van der Waals surface area contributed by atoms with Crippen molar-refractivity contribution < 1.29 is 18.7 Å². The third-order valence-corrected chi connectivity index (χ3v) is 3.32. The van der Waals surface area contributed by atoms with Crippen molar-refractivity contribution in [1.82, 2.24) is 0 Å². The van der Waals surface area contributed by atoms with Gasteiger partial charge in [-0.1, -0.05) is 6.07 Å². The van der Waals surface area contributed by atoms with Crippen molar-refractivity contribution in [3.8, 4) is 10.4 Å². The Balaban J connectivity index is 2.62. The molecule has 0 unspecified atom stereocenters. The number of thiophene rings is 1. The molecule has 0 bridgehead atoms. The van der Waals surface area contributed by atoms with E-state index >= 15 is 0 Å². The van der Waals surface area contributed by atoms with E-state index in [1.54, 1.807) is 0 Å². The van der Waals surface area contributed by atoms with Gasteiger partial charge in [0.05, 0.1) is 11.3 Å². The number of carboxylic acids is 1. The smallest absolute Gasteiger partial charge is 0.348 e. The zero-order chi connectivity index (χ0) is 12.6. The van der Waals surface area contributed by atoms with Gasteiger partial charge in [-0.05, 0) is 18.2 Å². The average molecular weight is 255 g/mol. The van der Waals surface area contributed by atoms with E-state index in [1.165, 1.54) is 12.1 Å². The van der Waals surface area contributed by atoms with Crippen molar-refractivity contribution in [3.63, 3.8) is 0 Å². The van der Waals surface area contributed by atoms with E-state index in [2.05, 4.69) is 0 Å². The average Bonchev–Trinajstić information content (AvgIpc) is 2.60. The molecule has 2 aromatic rings. The van der Waals surface area contributed by atoms with Crippen LogP contribution in [0.4, 0.5) is 14.5 Å². The summed E-state index contributed by atoms with van der Waals surface area (Å²) in [6.07, 6.45) is 0. The van der Waals surface area contributed by atoms with Crippen LogP contribution in [0.5, 0.6) is 0 Å². The molecule has 1 heterocycles. The molecule has 2 rings (SSSR count). The standard InChI is InChI=1S/C11H7F2NO2S/c12-5-2-1-3-6(13)9(5)8-4-7(14)10(17-8)11(15)16/h1-4H,14H2,(H,15,16). The van der Waals surface area contributed by atoms with Crippen LogP contribution < -0.4 is 5.73 Å². The first-order valence-electron chi connectivity index (χ1n) is 4.57. The summed E-state index contributed by atoms with van der Waals surface area (Å²) < 4.78 is 26.9.